The molecule has 0 heterocycles. The number of nitrogens with two attached hydrogens (primary N) is 1. The smallest absolute Gasteiger partial charge is 0.347 e. The highest BCUT2D eigenvalue weighted by atomic mass is 19.1. The summed E-state index contributed by atoms with van der Waals surface area (Å²) in [6.07, 6.45) is 0. The molecular formula is C21H18FNO3. The zero-order valence-corrected chi connectivity index (χ0v) is 14.2. The molecule has 5 heteroatoms. The molecule has 0 spiro atoms. The van der Waals surface area contributed by atoms with Crippen molar-refractivity contribution in [3.8, 4) is 11.5 Å². The minimum atomic E-state index is -0.719. The summed E-state index contributed by atoms with van der Waals surface area (Å²) in [6, 6.07) is 19.1. The number of nitrogen functional groups attached to an aromatic ring is 1. The van der Waals surface area contributed by atoms with Gasteiger partial charge >= 0.3 is 5.97 Å². The Labute approximate surface area is 151 Å². The Bertz CT molecular complexity index is 912. The van der Waals surface area contributed by atoms with Crippen LogP contribution in [0.4, 0.5) is 10.1 Å². The lowest BCUT2D eigenvalue weighted by Crippen LogP contribution is -2.15. The summed E-state index contributed by atoms with van der Waals surface area (Å²) in [6.45, 7) is 1.69. The maximum absolute atomic E-state index is 14.1. The molecule has 0 aliphatic carbocycles. The van der Waals surface area contributed by atoms with Crippen LogP contribution < -0.4 is 15.2 Å². The maximum Gasteiger partial charge on any atom is 0.347 e. The lowest BCUT2D eigenvalue weighted by Gasteiger charge is -2.16. The van der Waals surface area contributed by atoms with Crippen molar-refractivity contribution in [3.05, 3.63) is 89.2 Å². The number of esters is 1. The van der Waals surface area contributed by atoms with Gasteiger partial charge in [0.25, 0.3) is 0 Å². The van der Waals surface area contributed by atoms with Crippen molar-refractivity contribution < 1.29 is 18.7 Å². The lowest BCUT2D eigenvalue weighted by molar-refractivity contribution is 0.0728. The van der Waals surface area contributed by atoms with Crippen LogP contribution in [0.2, 0.25) is 0 Å². The highest BCUT2D eigenvalue weighted by Crippen LogP contribution is 2.33. The van der Waals surface area contributed by atoms with Crippen LogP contribution in [-0.2, 0) is 6.61 Å². The largest absolute Gasteiger partial charge is 0.486 e. The molecule has 26 heavy (non-hydrogen) atoms. The van der Waals surface area contributed by atoms with Gasteiger partial charge in [-0.2, -0.15) is 0 Å². The quantitative estimate of drug-likeness (QED) is 0.417. The summed E-state index contributed by atoms with van der Waals surface area (Å²) in [5, 5.41) is 0. The van der Waals surface area contributed by atoms with Crippen LogP contribution in [0.5, 0.6) is 11.5 Å². The first-order valence-electron chi connectivity index (χ1n) is 8.09. The molecule has 0 amide bonds. The molecule has 0 unspecified atom stereocenters. The van der Waals surface area contributed by atoms with Gasteiger partial charge in [-0.25, -0.2) is 9.18 Å². The number of carbonyl (C=O) groups excluding carboxylic acids is 1. The van der Waals surface area contributed by atoms with E-state index in [0.717, 1.165) is 11.6 Å². The summed E-state index contributed by atoms with van der Waals surface area (Å²) < 4.78 is 25.2. The topological polar surface area (TPSA) is 61.5 Å². The number of hydrogen-bond donors (Lipinski definition) is 1. The van der Waals surface area contributed by atoms with Crippen molar-refractivity contribution in [3.63, 3.8) is 0 Å². The third-order valence-electron chi connectivity index (χ3n) is 3.89. The Morgan fingerprint density at radius 2 is 1.65 bits per heavy atom. The van der Waals surface area contributed by atoms with Crippen molar-refractivity contribution in [2.24, 2.45) is 0 Å². The number of halogens is 1. The fourth-order valence-corrected chi connectivity index (χ4v) is 2.52. The van der Waals surface area contributed by atoms with Gasteiger partial charge in [-0.05, 0) is 24.6 Å². The Balaban J connectivity index is 1.93. The Kier molecular flexibility index (Phi) is 5.17. The monoisotopic (exact) mass is 351 g/mol. The molecule has 3 rings (SSSR count). The van der Waals surface area contributed by atoms with Gasteiger partial charge in [0.2, 0.25) is 0 Å². The highest BCUT2D eigenvalue weighted by Gasteiger charge is 2.23. The number of hydrogen-bond acceptors (Lipinski definition) is 4. The standard InChI is InChI=1S/C21H18FNO3/c1-14-17(22)12-18(23)20(25-13-15-8-4-2-5-9-15)19(14)21(24)26-16-10-6-3-7-11-16/h2-12H,13,23H2,1H3. The molecule has 2 N–H and O–H groups in total. The van der Waals surface area contributed by atoms with Crippen molar-refractivity contribution in [1.29, 1.82) is 0 Å². The summed E-state index contributed by atoms with van der Waals surface area (Å²) in [7, 11) is 0. The summed E-state index contributed by atoms with van der Waals surface area (Å²) in [5.74, 6) is -0.833. The van der Waals surface area contributed by atoms with Crippen molar-refractivity contribution >= 4 is 11.7 Å². The first-order chi connectivity index (χ1) is 12.6. The molecule has 4 nitrogen and oxygen atoms in total. The molecule has 132 valence electrons. The normalized spacial score (nSPS) is 10.4. The van der Waals surface area contributed by atoms with Crippen LogP contribution in [0.15, 0.2) is 66.7 Å². The predicted octanol–water partition coefficient (Wildman–Crippen LogP) is 4.51. The molecule has 0 bridgehead atoms. The molecule has 3 aromatic carbocycles. The van der Waals surface area contributed by atoms with E-state index in [2.05, 4.69) is 0 Å². The Hall–Kier alpha value is -3.34. The van der Waals surface area contributed by atoms with Crippen molar-refractivity contribution in [1.82, 2.24) is 0 Å². The Morgan fingerprint density at radius 1 is 1.04 bits per heavy atom. The molecule has 0 saturated heterocycles. The fourth-order valence-electron chi connectivity index (χ4n) is 2.52. The SMILES string of the molecule is Cc1c(F)cc(N)c(OCc2ccccc2)c1C(=O)Oc1ccccc1. The summed E-state index contributed by atoms with van der Waals surface area (Å²) in [5.41, 5.74) is 6.97. The van der Waals surface area contributed by atoms with E-state index in [0.29, 0.717) is 5.75 Å². The first kappa shape index (κ1) is 17.5. The van der Waals surface area contributed by atoms with Crippen LogP contribution >= 0.6 is 0 Å². The van der Waals surface area contributed by atoms with Gasteiger partial charge in [0, 0.05) is 11.6 Å². The highest BCUT2D eigenvalue weighted by molar-refractivity contribution is 5.97. The molecule has 3 aromatic rings. The van der Waals surface area contributed by atoms with Crippen molar-refractivity contribution in [2.75, 3.05) is 5.73 Å². The van der Waals surface area contributed by atoms with Gasteiger partial charge in [0.1, 0.15) is 23.7 Å². The molecule has 0 atom stereocenters. The number of carbonyl (C=O) groups is 1. The van der Waals surface area contributed by atoms with Crippen LogP contribution in [0.25, 0.3) is 0 Å². The van der Waals surface area contributed by atoms with Crippen LogP contribution in [0.3, 0.4) is 0 Å². The number of ether oxygens (including phenoxy) is 2. The average Bonchev–Trinajstić information content (AvgIpc) is 2.65. The van der Waals surface area contributed by atoms with Gasteiger partial charge < -0.3 is 15.2 Å². The molecule has 0 fully saturated rings. The minimum absolute atomic E-state index is 0.0118. The average molecular weight is 351 g/mol. The van der Waals surface area contributed by atoms with Crippen molar-refractivity contribution in [2.45, 2.75) is 13.5 Å². The van der Waals surface area contributed by atoms with Gasteiger partial charge in [0.05, 0.1) is 5.69 Å². The second-order valence-corrected chi connectivity index (χ2v) is 5.75. The molecule has 0 aromatic heterocycles. The lowest BCUT2D eigenvalue weighted by atomic mass is 10.1. The number of benzene rings is 3. The number of para-hydroxylation sites is 1. The van der Waals surface area contributed by atoms with E-state index in [9.17, 15) is 9.18 Å². The molecule has 0 saturated carbocycles. The zero-order chi connectivity index (χ0) is 18.5. The first-order valence-corrected chi connectivity index (χ1v) is 8.09. The maximum atomic E-state index is 14.1. The molecular weight excluding hydrogens is 333 g/mol. The number of anilines is 1. The third-order valence-corrected chi connectivity index (χ3v) is 3.89. The van der Waals surface area contributed by atoms with E-state index in [4.69, 9.17) is 15.2 Å². The van der Waals surface area contributed by atoms with E-state index < -0.39 is 11.8 Å². The zero-order valence-electron chi connectivity index (χ0n) is 14.2. The van der Waals surface area contributed by atoms with E-state index in [-0.39, 0.29) is 29.2 Å². The van der Waals surface area contributed by atoms with Crippen LogP contribution in [-0.4, -0.2) is 5.97 Å². The van der Waals surface area contributed by atoms with Crippen LogP contribution in [0, 0.1) is 12.7 Å². The van der Waals surface area contributed by atoms with E-state index >= 15 is 0 Å². The Morgan fingerprint density at radius 3 is 2.31 bits per heavy atom. The van der Waals surface area contributed by atoms with Gasteiger partial charge in [-0.3, -0.25) is 0 Å². The van der Waals surface area contributed by atoms with Gasteiger partial charge in [-0.15, -0.1) is 0 Å². The van der Waals surface area contributed by atoms with Gasteiger partial charge in [0.15, 0.2) is 5.75 Å². The molecule has 0 radical (unpaired) electrons. The second kappa shape index (κ2) is 7.70. The predicted molar refractivity (Wildman–Crippen MR) is 97.7 cm³/mol. The number of rotatable bonds is 5. The van der Waals surface area contributed by atoms with Gasteiger partial charge in [-0.1, -0.05) is 48.5 Å². The second-order valence-electron chi connectivity index (χ2n) is 5.75. The summed E-state index contributed by atoms with van der Waals surface area (Å²) >= 11 is 0. The fraction of sp³-hybridized carbons (Fsp3) is 0.0952. The molecule has 0 aliphatic rings. The van der Waals surface area contributed by atoms with E-state index in [1.807, 2.05) is 30.3 Å². The molecule has 0 aliphatic heterocycles. The summed E-state index contributed by atoms with van der Waals surface area (Å²) in [4.78, 5) is 12.6. The van der Waals surface area contributed by atoms with E-state index in [1.54, 1.807) is 30.3 Å². The minimum Gasteiger partial charge on any atom is -0.486 e. The third kappa shape index (κ3) is 3.83. The van der Waals surface area contributed by atoms with Crippen LogP contribution in [0.1, 0.15) is 21.5 Å². The van der Waals surface area contributed by atoms with E-state index in [1.165, 1.54) is 6.92 Å².